The van der Waals surface area contributed by atoms with Crippen LogP contribution in [0.4, 0.5) is 0 Å². The molecule has 0 rings (SSSR count). The molecule has 0 heterocycles. The van der Waals surface area contributed by atoms with Crippen LogP contribution in [0.1, 0.15) is 48.0 Å². The summed E-state index contributed by atoms with van der Waals surface area (Å²) in [6.45, 7) is 24.2. The smallest absolute Gasteiger partial charge is 0.341 e. The highest BCUT2D eigenvalue weighted by Gasteiger charge is 2.41. The van der Waals surface area contributed by atoms with Crippen LogP contribution in [0, 0.1) is 0 Å². The Balaban J connectivity index is 4.87. The summed E-state index contributed by atoms with van der Waals surface area (Å²) in [5, 5.41) is 0.313. The van der Waals surface area contributed by atoms with Gasteiger partial charge in [-0.1, -0.05) is 41.5 Å². The molecule has 0 aliphatic rings. The van der Waals surface area contributed by atoms with E-state index in [-0.39, 0.29) is 16.2 Å². The van der Waals surface area contributed by atoms with E-state index in [1.54, 1.807) is 0 Å². The van der Waals surface area contributed by atoms with Gasteiger partial charge in [0, 0.05) is 6.61 Å². The van der Waals surface area contributed by atoms with Crippen molar-refractivity contribution in [3.63, 3.8) is 0 Å². The van der Waals surface area contributed by atoms with Crippen LogP contribution in [0.15, 0.2) is 0 Å². The fourth-order valence-electron chi connectivity index (χ4n) is 1.82. The van der Waals surface area contributed by atoms with E-state index >= 15 is 0 Å². The minimum absolute atomic E-state index is 0.0648. The maximum atomic E-state index is 6.60. The van der Waals surface area contributed by atoms with E-state index in [2.05, 4.69) is 67.7 Å². The van der Waals surface area contributed by atoms with Gasteiger partial charge in [0.2, 0.25) is 0 Å². The Morgan fingerprint density at radius 3 is 1.67 bits per heavy atom. The van der Waals surface area contributed by atoms with Gasteiger partial charge in [0.1, 0.15) is 0 Å². The van der Waals surface area contributed by atoms with E-state index in [4.69, 9.17) is 46.8 Å². The first-order chi connectivity index (χ1) is 11.8. The lowest BCUT2D eigenvalue weighted by atomic mass is 10.2. The molecule has 0 saturated carbocycles. The van der Waals surface area contributed by atoms with Crippen LogP contribution in [-0.4, -0.2) is 48.6 Å². The predicted molar refractivity (Wildman–Crippen MR) is 129 cm³/mol. The minimum atomic E-state index is -2.57. The van der Waals surface area contributed by atoms with Crippen LogP contribution in [0.5, 0.6) is 0 Å². The van der Waals surface area contributed by atoms with Gasteiger partial charge in [0.25, 0.3) is 0 Å². The summed E-state index contributed by atoms with van der Waals surface area (Å²) in [6.07, 6.45) is 0.698. The highest BCUT2D eigenvalue weighted by Crippen LogP contribution is 2.39. The Morgan fingerprint density at radius 1 is 0.778 bits per heavy atom. The van der Waals surface area contributed by atoms with E-state index in [9.17, 15) is 0 Å². The molecule has 0 aliphatic heterocycles. The maximum absolute atomic E-state index is 6.60. The van der Waals surface area contributed by atoms with Gasteiger partial charge in [0.15, 0.2) is 16.6 Å². The summed E-state index contributed by atoms with van der Waals surface area (Å²) in [4.78, 5) is 0. The first-order valence-electron chi connectivity index (χ1n) is 9.75. The molecule has 0 aliphatic carbocycles. The molecule has 164 valence electrons. The van der Waals surface area contributed by atoms with E-state index in [0.29, 0.717) is 25.9 Å². The van der Waals surface area contributed by atoms with E-state index < -0.39 is 22.6 Å². The number of hydrogen-bond acceptors (Lipinski definition) is 3. The molecule has 3 nitrogen and oxygen atoms in total. The molecule has 0 aromatic carbocycles. The summed E-state index contributed by atoms with van der Waals surface area (Å²) in [5.41, 5.74) is 0. The summed E-state index contributed by atoms with van der Waals surface area (Å²) in [7, 11) is -3.74. The largest absolute Gasteiger partial charge is 0.414 e. The lowest BCUT2D eigenvalue weighted by Gasteiger charge is -2.41. The standard InChI is InChI=1S/C18H41Cl3O3Si3/c1-17(2,3)25(7,8)23-15-16(24-26(9,10)18(4,5)6)14-22-12-11-13-27(19,20)21/h16H,11-15H2,1-10H3. The van der Waals surface area contributed by atoms with E-state index in [1.807, 2.05) is 0 Å². The minimum Gasteiger partial charge on any atom is -0.414 e. The molecule has 0 aromatic heterocycles. The molecule has 0 saturated heterocycles. The third-order valence-electron chi connectivity index (χ3n) is 5.76. The summed E-state index contributed by atoms with van der Waals surface area (Å²) in [6, 6.07) is -1.95. The van der Waals surface area contributed by atoms with Crippen LogP contribution >= 0.6 is 33.2 Å². The first-order valence-corrected chi connectivity index (χ1v) is 20.8. The van der Waals surface area contributed by atoms with Crippen molar-refractivity contribution < 1.29 is 13.6 Å². The number of rotatable bonds is 11. The van der Waals surface area contributed by atoms with Crippen molar-refractivity contribution in [1.82, 2.24) is 0 Å². The van der Waals surface area contributed by atoms with Gasteiger partial charge in [-0.05, 0) is 48.7 Å². The van der Waals surface area contributed by atoms with Crippen molar-refractivity contribution in [3.8, 4) is 0 Å². The number of halogens is 3. The molecule has 1 atom stereocenters. The monoisotopic (exact) mass is 494 g/mol. The Kier molecular flexibility index (Phi) is 11.2. The number of hydrogen-bond donors (Lipinski definition) is 0. The molecule has 0 amide bonds. The van der Waals surface area contributed by atoms with Gasteiger partial charge in [-0.25, -0.2) is 0 Å². The van der Waals surface area contributed by atoms with Gasteiger partial charge in [-0.15, -0.1) is 33.2 Å². The summed E-state index contributed by atoms with van der Waals surface area (Å²) < 4.78 is 18.9. The van der Waals surface area contributed by atoms with Crippen molar-refractivity contribution in [3.05, 3.63) is 0 Å². The van der Waals surface area contributed by atoms with Gasteiger partial charge in [0.05, 0.1) is 19.3 Å². The molecule has 0 aromatic rings. The Morgan fingerprint density at radius 2 is 1.26 bits per heavy atom. The third kappa shape index (κ3) is 11.4. The van der Waals surface area contributed by atoms with Crippen LogP contribution in [0.2, 0.25) is 42.3 Å². The third-order valence-corrected chi connectivity index (χ3v) is 17.4. The van der Waals surface area contributed by atoms with Gasteiger partial charge in [-0.3, -0.25) is 0 Å². The van der Waals surface area contributed by atoms with Crippen molar-refractivity contribution in [2.75, 3.05) is 19.8 Å². The van der Waals surface area contributed by atoms with Crippen molar-refractivity contribution >= 4 is 55.9 Å². The fraction of sp³-hybridized carbons (Fsp3) is 1.00. The second-order valence-corrected chi connectivity index (χ2v) is 29.2. The summed E-state index contributed by atoms with van der Waals surface area (Å²) in [5.74, 6) is 0. The Hall–Kier alpha value is 1.40. The van der Waals surface area contributed by atoms with Crippen molar-refractivity contribution in [2.24, 2.45) is 0 Å². The van der Waals surface area contributed by atoms with Gasteiger partial charge < -0.3 is 13.6 Å². The fourth-order valence-corrected chi connectivity index (χ4v) is 5.92. The van der Waals surface area contributed by atoms with E-state index in [1.165, 1.54) is 0 Å². The van der Waals surface area contributed by atoms with E-state index in [0.717, 1.165) is 6.42 Å². The maximum Gasteiger partial charge on any atom is 0.341 e. The summed E-state index contributed by atoms with van der Waals surface area (Å²) >= 11 is 17.8. The second-order valence-electron chi connectivity index (χ2n) is 10.4. The lowest BCUT2D eigenvalue weighted by Crippen LogP contribution is -2.49. The molecule has 0 radical (unpaired) electrons. The van der Waals surface area contributed by atoms with Crippen LogP contribution in [-0.2, 0) is 13.6 Å². The van der Waals surface area contributed by atoms with Crippen molar-refractivity contribution in [1.29, 1.82) is 0 Å². The zero-order chi connectivity index (χ0) is 21.7. The molecular weight excluding hydrogens is 455 g/mol. The molecule has 27 heavy (non-hydrogen) atoms. The predicted octanol–water partition coefficient (Wildman–Crippen LogP) is 7.46. The van der Waals surface area contributed by atoms with Crippen molar-refractivity contribution in [2.45, 2.75) is 96.4 Å². The Bertz CT molecular complexity index is 442. The van der Waals surface area contributed by atoms with Gasteiger partial charge in [-0.2, -0.15) is 0 Å². The highest BCUT2D eigenvalue weighted by molar-refractivity contribution is 7.64. The lowest BCUT2D eigenvalue weighted by molar-refractivity contribution is 0.0160. The van der Waals surface area contributed by atoms with Crippen LogP contribution in [0.25, 0.3) is 0 Å². The zero-order valence-electron chi connectivity index (χ0n) is 19.0. The normalized spacial score (nSPS) is 15.9. The molecule has 0 bridgehead atoms. The van der Waals surface area contributed by atoms with Crippen LogP contribution < -0.4 is 0 Å². The second kappa shape index (κ2) is 10.6. The molecular formula is C18H41Cl3O3Si3. The average molecular weight is 496 g/mol. The quantitative estimate of drug-likeness (QED) is 0.169. The molecule has 0 spiro atoms. The molecule has 0 fully saturated rings. The molecule has 9 heteroatoms. The SMILES string of the molecule is CC(C)(C)[Si](C)(C)OCC(COCCC[Si](Cl)(Cl)Cl)O[Si](C)(C)C(C)(C)C. The van der Waals surface area contributed by atoms with Crippen LogP contribution in [0.3, 0.4) is 0 Å². The molecule has 0 N–H and O–H groups in total. The Labute approximate surface area is 185 Å². The number of ether oxygens (including phenoxy) is 1. The molecule has 1 unspecified atom stereocenters. The topological polar surface area (TPSA) is 27.7 Å². The zero-order valence-corrected chi connectivity index (χ0v) is 24.2. The average Bonchev–Trinajstić information content (AvgIpc) is 2.40. The van der Waals surface area contributed by atoms with Gasteiger partial charge >= 0.3 is 6.00 Å². The first kappa shape index (κ1) is 28.4. The highest BCUT2D eigenvalue weighted by atomic mass is 35.8.